The molecule has 0 fully saturated rings. The summed E-state index contributed by atoms with van der Waals surface area (Å²) in [6, 6.07) is 7.86. The average Bonchev–Trinajstić information content (AvgIpc) is 2.04. The Morgan fingerprint density at radius 3 is 2.50 bits per heavy atom. The van der Waals surface area contributed by atoms with Gasteiger partial charge < -0.3 is 0 Å². The molecule has 0 atom stereocenters. The van der Waals surface area contributed by atoms with Crippen LogP contribution in [-0.4, -0.2) is 9.97 Å². The zero-order chi connectivity index (χ0) is 7.68. The number of nitrogens with zero attached hydrogens (tertiary/aromatic N) is 2. The molecule has 12 heavy (non-hydrogen) atoms. The Morgan fingerprint density at radius 1 is 1.08 bits per heavy atom. The minimum absolute atomic E-state index is 0. The van der Waals surface area contributed by atoms with Gasteiger partial charge in [-0.05, 0) is 19.1 Å². The molecule has 1 aromatic carbocycles. The van der Waals surface area contributed by atoms with Gasteiger partial charge in [0, 0.05) is 27.3 Å². The first-order valence-corrected chi connectivity index (χ1v) is 3.55. The second kappa shape index (κ2) is 3.77. The van der Waals surface area contributed by atoms with Crippen LogP contribution in [0.1, 0.15) is 5.69 Å². The fourth-order valence-electron chi connectivity index (χ4n) is 1.05. The molecule has 64 valence electrons. The number of aryl methyl sites for hydroxylation is 1. The van der Waals surface area contributed by atoms with E-state index in [2.05, 4.69) is 9.97 Å². The molecule has 2 nitrogen and oxygen atoms in total. The van der Waals surface area contributed by atoms with Crippen LogP contribution in [0.4, 0.5) is 0 Å². The van der Waals surface area contributed by atoms with Gasteiger partial charge in [-0.1, -0.05) is 12.1 Å². The molecule has 1 heterocycles. The van der Waals surface area contributed by atoms with Gasteiger partial charge in [-0.2, -0.15) is 0 Å². The van der Waals surface area contributed by atoms with E-state index in [0.29, 0.717) is 0 Å². The van der Waals surface area contributed by atoms with Crippen molar-refractivity contribution in [3.05, 3.63) is 36.2 Å². The van der Waals surface area contributed by atoms with Crippen LogP contribution >= 0.6 is 0 Å². The molecule has 0 spiro atoms. The molecule has 2 rings (SSSR count). The topological polar surface area (TPSA) is 25.8 Å². The minimum Gasteiger partial charge on any atom is -0.253 e. The molecular weight excluding hydrogens is 331 g/mol. The number of aromatic nitrogens is 2. The van der Waals surface area contributed by atoms with Gasteiger partial charge in [0.05, 0.1) is 16.7 Å². The number of fused-ring (bicyclic) bond motifs is 1. The van der Waals surface area contributed by atoms with Gasteiger partial charge in [-0.15, -0.1) is 0 Å². The molecule has 0 radical (unpaired) electrons. The van der Waals surface area contributed by atoms with Crippen molar-refractivity contribution < 1.29 is 21.1 Å². The third kappa shape index (κ3) is 1.70. The Morgan fingerprint density at radius 2 is 1.75 bits per heavy atom. The summed E-state index contributed by atoms with van der Waals surface area (Å²) in [7, 11) is 0. The first-order valence-electron chi connectivity index (χ1n) is 3.55. The van der Waals surface area contributed by atoms with Gasteiger partial charge in [0.15, 0.2) is 0 Å². The number of hydrogen-bond donors (Lipinski definition) is 0. The molecule has 0 aliphatic heterocycles. The Labute approximate surface area is 85.3 Å². The second-order valence-corrected chi connectivity index (χ2v) is 2.50. The molecule has 1 aromatic heterocycles. The van der Waals surface area contributed by atoms with Crippen LogP contribution in [0.25, 0.3) is 11.0 Å². The van der Waals surface area contributed by atoms with E-state index in [4.69, 9.17) is 0 Å². The number of rotatable bonds is 0. The van der Waals surface area contributed by atoms with E-state index in [1.165, 1.54) is 0 Å². The summed E-state index contributed by atoms with van der Waals surface area (Å²) >= 11 is 0. The normalized spacial score (nSPS) is 9.42. The maximum absolute atomic E-state index is 4.31. The van der Waals surface area contributed by atoms with Gasteiger partial charge in [0.25, 0.3) is 0 Å². The zero-order valence-electron chi connectivity index (χ0n) is 6.60. The van der Waals surface area contributed by atoms with Crippen molar-refractivity contribution in [1.82, 2.24) is 9.97 Å². The van der Waals surface area contributed by atoms with Crippen LogP contribution in [-0.2, 0) is 21.1 Å². The molecule has 0 aliphatic carbocycles. The molecule has 0 bridgehead atoms. The van der Waals surface area contributed by atoms with E-state index in [1.54, 1.807) is 6.20 Å². The molecule has 0 unspecified atom stereocenters. The summed E-state index contributed by atoms with van der Waals surface area (Å²) in [4.78, 5) is 8.53. The predicted octanol–water partition coefficient (Wildman–Crippen LogP) is 1.94. The van der Waals surface area contributed by atoms with Crippen LogP contribution in [0.5, 0.6) is 0 Å². The fraction of sp³-hybridized carbons (Fsp3) is 0.111. The Hall–Kier alpha value is -0.752. The standard InChI is InChI=1S/C9H8N2.Pt/c1-7-6-10-8-4-2-3-5-9(8)11-7;/h2-6H,1H3;. The minimum atomic E-state index is 0. The van der Waals surface area contributed by atoms with Gasteiger partial charge in [-0.25, -0.2) is 4.98 Å². The van der Waals surface area contributed by atoms with Crippen molar-refractivity contribution in [2.75, 3.05) is 0 Å². The van der Waals surface area contributed by atoms with Crippen LogP contribution < -0.4 is 0 Å². The fourth-order valence-corrected chi connectivity index (χ4v) is 1.05. The molecule has 0 aliphatic rings. The summed E-state index contributed by atoms with van der Waals surface area (Å²) < 4.78 is 0. The number of benzene rings is 1. The maximum atomic E-state index is 4.31. The van der Waals surface area contributed by atoms with E-state index in [-0.39, 0.29) is 21.1 Å². The monoisotopic (exact) mass is 339 g/mol. The van der Waals surface area contributed by atoms with Crippen molar-refractivity contribution in [2.24, 2.45) is 0 Å². The van der Waals surface area contributed by atoms with Gasteiger partial charge in [0.1, 0.15) is 0 Å². The van der Waals surface area contributed by atoms with Crippen molar-refractivity contribution in [3.63, 3.8) is 0 Å². The summed E-state index contributed by atoms with van der Waals surface area (Å²) in [5, 5.41) is 0. The second-order valence-electron chi connectivity index (χ2n) is 2.50. The third-order valence-corrected chi connectivity index (χ3v) is 1.57. The molecule has 3 heteroatoms. The van der Waals surface area contributed by atoms with E-state index in [9.17, 15) is 0 Å². The van der Waals surface area contributed by atoms with Crippen molar-refractivity contribution in [1.29, 1.82) is 0 Å². The Bertz CT molecular complexity index is 387. The molecule has 0 saturated heterocycles. The predicted molar refractivity (Wildman–Crippen MR) is 44.3 cm³/mol. The quantitative estimate of drug-likeness (QED) is 0.733. The maximum Gasteiger partial charge on any atom is 0.0889 e. The van der Waals surface area contributed by atoms with Crippen molar-refractivity contribution in [2.45, 2.75) is 6.92 Å². The van der Waals surface area contributed by atoms with E-state index in [0.717, 1.165) is 16.7 Å². The molecule has 2 aromatic rings. The van der Waals surface area contributed by atoms with Crippen LogP contribution in [0, 0.1) is 6.92 Å². The summed E-state index contributed by atoms with van der Waals surface area (Å²) in [5.41, 5.74) is 2.88. The largest absolute Gasteiger partial charge is 0.253 e. The van der Waals surface area contributed by atoms with Crippen LogP contribution in [0.3, 0.4) is 0 Å². The summed E-state index contributed by atoms with van der Waals surface area (Å²) in [5.74, 6) is 0. The van der Waals surface area contributed by atoms with Crippen LogP contribution in [0.15, 0.2) is 30.5 Å². The van der Waals surface area contributed by atoms with Crippen LogP contribution in [0.2, 0.25) is 0 Å². The van der Waals surface area contributed by atoms with E-state index >= 15 is 0 Å². The zero-order valence-corrected chi connectivity index (χ0v) is 8.87. The smallest absolute Gasteiger partial charge is 0.0889 e. The summed E-state index contributed by atoms with van der Waals surface area (Å²) in [6.45, 7) is 1.94. The number of hydrogen-bond acceptors (Lipinski definition) is 2. The molecular formula is C9H8N2Pt. The SMILES string of the molecule is Cc1cnc2ccccc2n1.[Pt]. The van der Waals surface area contributed by atoms with Crippen molar-refractivity contribution >= 4 is 11.0 Å². The molecule has 0 amide bonds. The Balaban J connectivity index is 0.000000720. The first-order chi connectivity index (χ1) is 5.36. The van der Waals surface area contributed by atoms with Gasteiger partial charge in [-0.3, -0.25) is 4.98 Å². The van der Waals surface area contributed by atoms with Gasteiger partial charge in [0.2, 0.25) is 0 Å². The third-order valence-electron chi connectivity index (χ3n) is 1.57. The van der Waals surface area contributed by atoms with E-state index < -0.39 is 0 Å². The Kier molecular flexibility index (Phi) is 2.93. The molecule has 0 N–H and O–H groups in total. The van der Waals surface area contributed by atoms with Gasteiger partial charge >= 0.3 is 0 Å². The number of para-hydroxylation sites is 2. The van der Waals surface area contributed by atoms with E-state index in [1.807, 2.05) is 31.2 Å². The molecule has 0 saturated carbocycles. The average molecular weight is 339 g/mol. The summed E-state index contributed by atoms with van der Waals surface area (Å²) in [6.07, 6.45) is 1.78. The first kappa shape index (κ1) is 9.34. The van der Waals surface area contributed by atoms with Crippen molar-refractivity contribution in [3.8, 4) is 0 Å².